The summed E-state index contributed by atoms with van der Waals surface area (Å²) < 4.78 is 11.1. The van der Waals surface area contributed by atoms with Crippen molar-refractivity contribution in [1.82, 2.24) is 0 Å². The molecule has 6 nitrogen and oxygen atoms in total. The lowest BCUT2D eigenvalue weighted by Crippen LogP contribution is -2.33. The molecule has 4 N–H and O–H groups in total. The third kappa shape index (κ3) is 4.35. The highest BCUT2D eigenvalue weighted by Gasteiger charge is 2.19. The molecule has 0 radical (unpaired) electrons. The van der Waals surface area contributed by atoms with Crippen molar-refractivity contribution in [2.75, 3.05) is 6.61 Å². The Morgan fingerprint density at radius 1 is 1.09 bits per heavy atom. The Morgan fingerprint density at radius 2 is 1.70 bits per heavy atom. The molecule has 0 bridgehead atoms. The van der Waals surface area contributed by atoms with E-state index in [1.54, 1.807) is 12.1 Å². The van der Waals surface area contributed by atoms with E-state index < -0.39 is 17.9 Å². The predicted octanol–water partition coefficient (Wildman–Crippen LogP) is 1.74. The van der Waals surface area contributed by atoms with Gasteiger partial charge in [-0.25, -0.2) is 0 Å². The maximum atomic E-state index is 11.5. The predicted molar refractivity (Wildman–Crippen MR) is 87.2 cm³/mol. The molecular formula is C17H20N2O4. The molecule has 0 aliphatic heterocycles. The summed E-state index contributed by atoms with van der Waals surface area (Å²) in [5.74, 6) is -0.419. The van der Waals surface area contributed by atoms with Gasteiger partial charge in [0.05, 0.1) is 0 Å². The molecule has 2 amide bonds. The van der Waals surface area contributed by atoms with Crippen LogP contribution in [0, 0.1) is 0 Å². The quantitative estimate of drug-likeness (QED) is 0.773. The first-order chi connectivity index (χ1) is 11.0. The highest BCUT2D eigenvalue weighted by Crippen LogP contribution is 2.33. The number of carbonyl (C=O) groups is 2. The first-order valence-corrected chi connectivity index (χ1v) is 7.41. The number of benzene rings is 2. The number of ether oxygens (including phenoxy) is 2. The molecule has 0 fully saturated rings. The van der Waals surface area contributed by atoms with Gasteiger partial charge in [-0.2, -0.15) is 0 Å². The van der Waals surface area contributed by atoms with E-state index >= 15 is 0 Å². The zero-order valence-corrected chi connectivity index (χ0v) is 13.0. The Balaban J connectivity index is 2.38. The van der Waals surface area contributed by atoms with E-state index in [9.17, 15) is 9.59 Å². The lowest BCUT2D eigenvalue weighted by Gasteiger charge is -2.18. The van der Waals surface area contributed by atoms with Crippen LogP contribution in [0.4, 0.5) is 0 Å². The molecular weight excluding hydrogens is 296 g/mol. The fourth-order valence-electron chi connectivity index (χ4n) is 2.23. The lowest BCUT2D eigenvalue weighted by molar-refractivity contribution is -0.125. The molecule has 0 aliphatic rings. The summed E-state index contributed by atoms with van der Waals surface area (Å²) >= 11 is 0. The number of carbonyl (C=O) groups excluding carboxylic acids is 2. The molecule has 2 aromatic carbocycles. The SMILES string of the molecule is CCCC(Oc1cc2ccccc2cc1OCC(N)=O)C(N)=O. The van der Waals surface area contributed by atoms with E-state index in [0.29, 0.717) is 17.9 Å². The second-order valence-corrected chi connectivity index (χ2v) is 5.20. The van der Waals surface area contributed by atoms with Gasteiger partial charge < -0.3 is 20.9 Å². The average Bonchev–Trinajstić information content (AvgIpc) is 2.52. The maximum absolute atomic E-state index is 11.5. The number of hydrogen-bond donors (Lipinski definition) is 2. The summed E-state index contributed by atoms with van der Waals surface area (Å²) in [6.07, 6.45) is 0.493. The van der Waals surface area contributed by atoms with Gasteiger partial charge in [0.15, 0.2) is 24.2 Å². The molecule has 6 heteroatoms. The third-order valence-electron chi connectivity index (χ3n) is 3.32. The summed E-state index contributed by atoms with van der Waals surface area (Å²) in [7, 11) is 0. The molecule has 0 heterocycles. The number of fused-ring (bicyclic) bond motifs is 1. The van der Waals surface area contributed by atoms with E-state index in [2.05, 4.69) is 0 Å². The zero-order valence-electron chi connectivity index (χ0n) is 13.0. The van der Waals surface area contributed by atoms with Gasteiger partial charge in [-0.05, 0) is 29.3 Å². The summed E-state index contributed by atoms with van der Waals surface area (Å²) in [6.45, 7) is 1.66. The molecule has 0 spiro atoms. The topological polar surface area (TPSA) is 105 Å². The van der Waals surface area contributed by atoms with Crippen molar-refractivity contribution >= 4 is 22.6 Å². The first kappa shape index (κ1) is 16.6. The number of primary amides is 2. The van der Waals surface area contributed by atoms with Gasteiger partial charge in [0, 0.05) is 0 Å². The Labute approximate surface area is 134 Å². The molecule has 122 valence electrons. The molecule has 0 saturated heterocycles. The highest BCUT2D eigenvalue weighted by atomic mass is 16.5. The molecule has 2 aromatic rings. The Kier molecular flexibility index (Phi) is 5.41. The van der Waals surface area contributed by atoms with Crippen LogP contribution < -0.4 is 20.9 Å². The number of amides is 2. The second-order valence-electron chi connectivity index (χ2n) is 5.20. The molecule has 0 aliphatic carbocycles. The van der Waals surface area contributed by atoms with Crippen LogP contribution >= 0.6 is 0 Å². The van der Waals surface area contributed by atoms with Crippen molar-refractivity contribution in [1.29, 1.82) is 0 Å². The van der Waals surface area contributed by atoms with Crippen LogP contribution in [0.3, 0.4) is 0 Å². The van der Waals surface area contributed by atoms with Gasteiger partial charge in [-0.1, -0.05) is 37.6 Å². The molecule has 1 unspecified atom stereocenters. The number of nitrogens with two attached hydrogens (primary N) is 2. The monoisotopic (exact) mass is 316 g/mol. The summed E-state index contributed by atoms with van der Waals surface area (Å²) in [5, 5.41) is 1.85. The van der Waals surface area contributed by atoms with Gasteiger partial charge in [0.25, 0.3) is 11.8 Å². The van der Waals surface area contributed by atoms with E-state index in [1.807, 2.05) is 31.2 Å². The zero-order chi connectivity index (χ0) is 16.8. The molecule has 0 saturated carbocycles. The van der Waals surface area contributed by atoms with Crippen LogP contribution in [0.2, 0.25) is 0 Å². The van der Waals surface area contributed by atoms with Crippen LogP contribution in [-0.4, -0.2) is 24.5 Å². The van der Waals surface area contributed by atoms with Crippen LogP contribution in [0.15, 0.2) is 36.4 Å². The van der Waals surface area contributed by atoms with E-state index in [4.69, 9.17) is 20.9 Å². The fraction of sp³-hybridized carbons (Fsp3) is 0.294. The minimum Gasteiger partial charge on any atom is -0.480 e. The Morgan fingerprint density at radius 3 is 2.22 bits per heavy atom. The van der Waals surface area contributed by atoms with Crippen LogP contribution in [0.5, 0.6) is 11.5 Å². The summed E-state index contributed by atoms with van der Waals surface area (Å²) in [6, 6.07) is 11.1. The van der Waals surface area contributed by atoms with Crippen molar-refractivity contribution < 1.29 is 19.1 Å². The summed E-state index contributed by atoms with van der Waals surface area (Å²) in [4.78, 5) is 22.5. The van der Waals surface area contributed by atoms with Gasteiger partial charge in [0.2, 0.25) is 0 Å². The average molecular weight is 316 g/mol. The maximum Gasteiger partial charge on any atom is 0.258 e. The highest BCUT2D eigenvalue weighted by molar-refractivity contribution is 5.86. The minimum atomic E-state index is -0.753. The van der Waals surface area contributed by atoms with Gasteiger partial charge in [0.1, 0.15) is 0 Å². The normalized spacial score (nSPS) is 11.9. The molecule has 0 aromatic heterocycles. The second kappa shape index (κ2) is 7.49. The van der Waals surface area contributed by atoms with Gasteiger partial charge in [-0.15, -0.1) is 0 Å². The summed E-state index contributed by atoms with van der Waals surface area (Å²) in [5.41, 5.74) is 10.5. The van der Waals surface area contributed by atoms with E-state index in [1.165, 1.54) is 0 Å². The van der Waals surface area contributed by atoms with Crippen molar-refractivity contribution in [3.05, 3.63) is 36.4 Å². The van der Waals surface area contributed by atoms with Crippen LogP contribution in [0.1, 0.15) is 19.8 Å². The molecule has 2 rings (SSSR count). The fourth-order valence-corrected chi connectivity index (χ4v) is 2.23. The van der Waals surface area contributed by atoms with Crippen molar-refractivity contribution in [2.45, 2.75) is 25.9 Å². The van der Waals surface area contributed by atoms with Crippen molar-refractivity contribution in [3.8, 4) is 11.5 Å². The first-order valence-electron chi connectivity index (χ1n) is 7.41. The van der Waals surface area contributed by atoms with E-state index in [0.717, 1.165) is 17.2 Å². The van der Waals surface area contributed by atoms with E-state index in [-0.39, 0.29) is 6.61 Å². The van der Waals surface area contributed by atoms with Crippen LogP contribution in [-0.2, 0) is 9.59 Å². The Hall–Kier alpha value is -2.76. The largest absolute Gasteiger partial charge is 0.480 e. The lowest BCUT2D eigenvalue weighted by atomic mass is 10.1. The third-order valence-corrected chi connectivity index (χ3v) is 3.32. The Bertz CT molecular complexity index is 715. The number of rotatable bonds is 8. The molecule has 23 heavy (non-hydrogen) atoms. The van der Waals surface area contributed by atoms with Crippen molar-refractivity contribution in [2.24, 2.45) is 11.5 Å². The van der Waals surface area contributed by atoms with Crippen molar-refractivity contribution in [3.63, 3.8) is 0 Å². The standard InChI is InChI=1S/C17H20N2O4/c1-2-5-13(17(19)21)23-15-9-12-7-4-3-6-11(12)8-14(15)22-10-16(18)20/h3-4,6-9,13H,2,5,10H2,1H3,(H2,18,20)(H2,19,21). The smallest absolute Gasteiger partial charge is 0.258 e. The van der Waals surface area contributed by atoms with Gasteiger partial charge in [-0.3, -0.25) is 9.59 Å². The van der Waals surface area contributed by atoms with Gasteiger partial charge >= 0.3 is 0 Å². The van der Waals surface area contributed by atoms with Crippen LogP contribution in [0.25, 0.3) is 10.8 Å². The number of hydrogen-bond acceptors (Lipinski definition) is 4. The molecule has 1 atom stereocenters. The minimum absolute atomic E-state index is 0.274.